The minimum absolute atomic E-state index is 0.00250. The first-order valence-electron chi connectivity index (χ1n) is 5.97. The number of hydrogen-bond donors (Lipinski definition) is 0. The van der Waals surface area contributed by atoms with Crippen LogP contribution in [0.4, 0.5) is 0 Å². The highest BCUT2D eigenvalue weighted by Gasteiger charge is 2.35. The Balaban J connectivity index is 1.89. The van der Waals surface area contributed by atoms with Crippen molar-refractivity contribution in [3.8, 4) is 0 Å². The molecule has 0 saturated carbocycles. The number of nitrogens with zero attached hydrogens (tertiary/aromatic N) is 2. The van der Waals surface area contributed by atoms with Crippen LogP contribution in [0.3, 0.4) is 0 Å². The Labute approximate surface area is 111 Å². The van der Waals surface area contributed by atoms with E-state index in [4.69, 9.17) is 9.47 Å². The number of hydrogen-bond acceptors (Lipinski definition) is 6. The summed E-state index contributed by atoms with van der Waals surface area (Å²) in [5.74, 6) is 0.873. The van der Waals surface area contributed by atoms with Crippen LogP contribution in [0.2, 0.25) is 0 Å². The molecule has 6 nitrogen and oxygen atoms in total. The van der Waals surface area contributed by atoms with E-state index in [1.807, 2.05) is 0 Å². The minimum atomic E-state index is -0.423. The average Bonchev–Trinajstić information content (AvgIpc) is 2.88. The number of carbonyl (C=O) groups excluding carboxylic acids is 2. The smallest absolute Gasteiger partial charge is 0.329 e. The summed E-state index contributed by atoms with van der Waals surface area (Å²) in [6.45, 7) is 3.24. The molecule has 0 spiro atoms. The average molecular weight is 274 g/mol. The molecule has 1 amide bonds. The molecule has 2 aliphatic rings. The van der Waals surface area contributed by atoms with Crippen LogP contribution in [-0.2, 0) is 19.1 Å². The number of rotatable bonds is 3. The molecular weight excluding hydrogens is 256 g/mol. The zero-order valence-electron chi connectivity index (χ0n) is 10.5. The highest BCUT2D eigenvalue weighted by molar-refractivity contribution is 7.99. The van der Waals surface area contributed by atoms with E-state index in [1.165, 1.54) is 7.11 Å². The molecule has 2 aliphatic heterocycles. The number of carbonyl (C=O) groups is 2. The van der Waals surface area contributed by atoms with E-state index >= 15 is 0 Å². The van der Waals surface area contributed by atoms with Crippen molar-refractivity contribution in [2.24, 2.45) is 0 Å². The molecule has 2 heterocycles. The summed E-state index contributed by atoms with van der Waals surface area (Å²) in [5.41, 5.74) is 0. The Morgan fingerprint density at radius 2 is 2.11 bits per heavy atom. The van der Waals surface area contributed by atoms with E-state index < -0.39 is 6.04 Å². The first kappa shape index (κ1) is 13.6. The van der Waals surface area contributed by atoms with Crippen molar-refractivity contribution in [3.63, 3.8) is 0 Å². The maximum absolute atomic E-state index is 12.2. The van der Waals surface area contributed by atoms with Crippen molar-refractivity contribution in [1.29, 1.82) is 0 Å². The molecule has 2 rings (SSSR count). The van der Waals surface area contributed by atoms with E-state index in [0.29, 0.717) is 31.4 Å². The number of esters is 1. The van der Waals surface area contributed by atoms with Gasteiger partial charge in [0.2, 0.25) is 5.91 Å². The van der Waals surface area contributed by atoms with Crippen molar-refractivity contribution in [1.82, 2.24) is 9.80 Å². The van der Waals surface area contributed by atoms with Crippen LogP contribution < -0.4 is 0 Å². The summed E-state index contributed by atoms with van der Waals surface area (Å²) >= 11 is 1.59. The lowest BCUT2D eigenvalue weighted by Crippen LogP contribution is -2.48. The largest absolute Gasteiger partial charge is 0.467 e. The lowest BCUT2D eigenvalue weighted by atomic mass is 10.3. The fraction of sp³-hybridized carbons (Fsp3) is 0.818. The highest BCUT2D eigenvalue weighted by atomic mass is 32.2. The van der Waals surface area contributed by atoms with Crippen LogP contribution in [0.15, 0.2) is 0 Å². The second-order valence-corrected chi connectivity index (χ2v) is 5.29. The van der Waals surface area contributed by atoms with Gasteiger partial charge in [-0.2, -0.15) is 0 Å². The zero-order valence-corrected chi connectivity index (χ0v) is 11.3. The van der Waals surface area contributed by atoms with Gasteiger partial charge in [-0.15, -0.1) is 11.8 Å². The third-order valence-electron chi connectivity index (χ3n) is 3.14. The molecule has 0 radical (unpaired) electrons. The van der Waals surface area contributed by atoms with Crippen molar-refractivity contribution < 1.29 is 19.1 Å². The minimum Gasteiger partial charge on any atom is -0.467 e. The number of thioether (sulfide) groups is 1. The Hall–Kier alpha value is -0.790. The van der Waals surface area contributed by atoms with Crippen LogP contribution in [0.1, 0.15) is 0 Å². The molecule has 1 atom stereocenters. The summed E-state index contributed by atoms with van der Waals surface area (Å²) in [4.78, 5) is 27.4. The Bertz CT molecular complexity index is 320. The second-order valence-electron chi connectivity index (χ2n) is 4.29. The predicted molar refractivity (Wildman–Crippen MR) is 67.2 cm³/mol. The van der Waals surface area contributed by atoms with E-state index in [-0.39, 0.29) is 11.9 Å². The molecular formula is C11H18N2O4S. The number of morpholine rings is 1. The van der Waals surface area contributed by atoms with E-state index in [0.717, 1.165) is 13.1 Å². The van der Waals surface area contributed by atoms with Gasteiger partial charge in [0.25, 0.3) is 0 Å². The first-order chi connectivity index (χ1) is 8.72. The normalized spacial score (nSPS) is 25.2. The summed E-state index contributed by atoms with van der Waals surface area (Å²) < 4.78 is 9.96. The van der Waals surface area contributed by atoms with Gasteiger partial charge >= 0.3 is 5.97 Å². The van der Waals surface area contributed by atoms with Gasteiger partial charge in [-0.1, -0.05) is 0 Å². The molecule has 102 valence electrons. The molecule has 0 aliphatic carbocycles. The van der Waals surface area contributed by atoms with E-state index in [1.54, 1.807) is 16.7 Å². The summed E-state index contributed by atoms with van der Waals surface area (Å²) in [6.07, 6.45) is 0. The van der Waals surface area contributed by atoms with Gasteiger partial charge in [-0.05, 0) is 0 Å². The van der Waals surface area contributed by atoms with Gasteiger partial charge in [0.05, 0.1) is 32.7 Å². The molecule has 7 heteroatoms. The van der Waals surface area contributed by atoms with Crippen molar-refractivity contribution in [3.05, 3.63) is 0 Å². The SMILES string of the molecule is COC(=O)[C@@H]1CSCN1C(=O)CN1CCOCC1. The standard InChI is InChI=1S/C11H18N2O4S/c1-16-11(15)9-7-18-8-13(9)10(14)6-12-2-4-17-5-3-12/h9H,2-8H2,1H3/t9-/m0/s1. The first-order valence-corrected chi connectivity index (χ1v) is 7.13. The van der Waals surface area contributed by atoms with Gasteiger partial charge in [0.15, 0.2) is 0 Å². The van der Waals surface area contributed by atoms with Crippen molar-refractivity contribution in [2.45, 2.75) is 6.04 Å². The van der Waals surface area contributed by atoms with Gasteiger partial charge in [0, 0.05) is 18.8 Å². The van der Waals surface area contributed by atoms with E-state index in [9.17, 15) is 9.59 Å². The predicted octanol–water partition coefficient (Wildman–Crippen LogP) is -0.607. The molecule has 0 N–H and O–H groups in total. The third-order valence-corrected chi connectivity index (χ3v) is 4.15. The van der Waals surface area contributed by atoms with Crippen LogP contribution in [0, 0.1) is 0 Å². The fourth-order valence-corrected chi connectivity index (χ4v) is 3.23. The maximum atomic E-state index is 12.2. The molecule has 0 aromatic heterocycles. The summed E-state index contributed by atoms with van der Waals surface area (Å²) in [5, 5.41) is 0. The second kappa shape index (κ2) is 6.40. The summed E-state index contributed by atoms with van der Waals surface area (Å²) in [6, 6.07) is -0.423. The molecule has 18 heavy (non-hydrogen) atoms. The Morgan fingerprint density at radius 1 is 1.39 bits per heavy atom. The summed E-state index contributed by atoms with van der Waals surface area (Å²) in [7, 11) is 1.36. The molecule has 0 aromatic carbocycles. The van der Waals surface area contributed by atoms with Crippen molar-refractivity contribution in [2.75, 3.05) is 51.6 Å². The third kappa shape index (κ3) is 3.15. The van der Waals surface area contributed by atoms with Crippen molar-refractivity contribution >= 4 is 23.6 Å². The maximum Gasteiger partial charge on any atom is 0.329 e. The lowest BCUT2D eigenvalue weighted by molar-refractivity contribution is -0.151. The molecule has 0 bridgehead atoms. The number of amides is 1. The zero-order chi connectivity index (χ0) is 13.0. The Kier molecular flexibility index (Phi) is 4.85. The van der Waals surface area contributed by atoms with Crippen LogP contribution in [0.25, 0.3) is 0 Å². The van der Waals surface area contributed by atoms with Gasteiger partial charge < -0.3 is 14.4 Å². The molecule has 2 fully saturated rings. The van der Waals surface area contributed by atoms with Gasteiger partial charge in [0.1, 0.15) is 6.04 Å². The number of ether oxygens (including phenoxy) is 2. The molecule has 0 aromatic rings. The van der Waals surface area contributed by atoms with Gasteiger partial charge in [-0.3, -0.25) is 9.69 Å². The lowest BCUT2D eigenvalue weighted by Gasteiger charge is -2.29. The molecule has 0 unspecified atom stereocenters. The quantitative estimate of drug-likeness (QED) is 0.640. The van der Waals surface area contributed by atoms with Crippen LogP contribution >= 0.6 is 11.8 Å². The van der Waals surface area contributed by atoms with E-state index in [2.05, 4.69) is 4.90 Å². The Morgan fingerprint density at radius 3 is 2.78 bits per heavy atom. The molecule has 2 saturated heterocycles. The topological polar surface area (TPSA) is 59.1 Å². The monoisotopic (exact) mass is 274 g/mol. The van der Waals surface area contributed by atoms with Gasteiger partial charge in [-0.25, -0.2) is 4.79 Å². The number of methoxy groups -OCH3 is 1. The van der Waals surface area contributed by atoms with Crippen LogP contribution in [-0.4, -0.2) is 79.3 Å². The highest BCUT2D eigenvalue weighted by Crippen LogP contribution is 2.22. The fourth-order valence-electron chi connectivity index (χ4n) is 2.06. The van der Waals surface area contributed by atoms with Crippen LogP contribution in [0.5, 0.6) is 0 Å².